The van der Waals surface area contributed by atoms with Crippen molar-refractivity contribution < 1.29 is 19.1 Å². The van der Waals surface area contributed by atoms with Gasteiger partial charge in [-0.05, 0) is 29.8 Å². The van der Waals surface area contributed by atoms with Gasteiger partial charge < -0.3 is 18.8 Å². The van der Waals surface area contributed by atoms with Gasteiger partial charge in [0.05, 0.1) is 12.9 Å². The largest absolute Gasteiger partial charge is 0.492 e. The SMILES string of the molecule is Cl.O=C(O)C=Cc1ccc(Cn2ccnc2)cc1OCCc1cc2ccccc2o1. The first-order valence-electron chi connectivity index (χ1n) is 9.27. The highest BCUT2D eigenvalue weighted by atomic mass is 35.5. The lowest BCUT2D eigenvalue weighted by Crippen LogP contribution is -2.04. The van der Waals surface area contributed by atoms with Crippen molar-refractivity contribution in [2.45, 2.75) is 13.0 Å². The highest BCUT2D eigenvalue weighted by molar-refractivity contribution is 5.86. The summed E-state index contributed by atoms with van der Waals surface area (Å²) in [4.78, 5) is 14.9. The highest BCUT2D eigenvalue weighted by Crippen LogP contribution is 2.24. The van der Waals surface area contributed by atoms with E-state index >= 15 is 0 Å². The van der Waals surface area contributed by atoms with Gasteiger partial charge >= 0.3 is 5.97 Å². The lowest BCUT2D eigenvalue weighted by Gasteiger charge is -2.11. The fourth-order valence-electron chi connectivity index (χ4n) is 3.11. The third kappa shape index (κ3) is 5.30. The van der Waals surface area contributed by atoms with Crippen molar-refractivity contribution in [3.8, 4) is 5.75 Å². The van der Waals surface area contributed by atoms with E-state index in [0.717, 1.165) is 28.4 Å². The van der Waals surface area contributed by atoms with Crippen molar-refractivity contribution in [2.24, 2.45) is 0 Å². The van der Waals surface area contributed by atoms with Crippen LogP contribution in [-0.2, 0) is 17.8 Å². The zero-order valence-corrected chi connectivity index (χ0v) is 16.9. The molecule has 0 spiro atoms. The molecule has 0 saturated heterocycles. The first-order chi connectivity index (χ1) is 14.2. The monoisotopic (exact) mass is 424 g/mol. The number of furan rings is 1. The molecular weight excluding hydrogens is 404 g/mol. The normalized spacial score (nSPS) is 10.9. The van der Waals surface area contributed by atoms with Gasteiger partial charge in [0, 0.05) is 42.4 Å². The summed E-state index contributed by atoms with van der Waals surface area (Å²) in [5.74, 6) is 0.486. The van der Waals surface area contributed by atoms with E-state index in [-0.39, 0.29) is 12.4 Å². The van der Waals surface area contributed by atoms with Crippen LogP contribution in [0.2, 0.25) is 0 Å². The summed E-state index contributed by atoms with van der Waals surface area (Å²) in [7, 11) is 0. The van der Waals surface area contributed by atoms with E-state index in [1.165, 1.54) is 0 Å². The molecular formula is C23H21ClN2O4. The Kier molecular flexibility index (Phi) is 6.93. The molecule has 30 heavy (non-hydrogen) atoms. The molecule has 7 heteroatoms. The van der Waals surface area contributed by atoms with Crippen molar-refractivity contribution in [3.05, 3.63) is 90.2 Å². The number of hydrogen-bond donors (Lipinski definition) is 1. The number of ether oxygens (including phenoxy) is 1. The molecule has 0 aliphatic rings. The van der Waals surface area contributed by atoms with E-state index in [2.05, 4.69) is 4.98 Å². The topological polar surface area (TPSA) is 77.5 Å². The molecule has 4 rings (SSSR count). The molecule has 6 nitrogen and oxygen atoms in total. The molecule has 0 amide bonds. The van der Waals surface area contributed by atoms with Crippen molar-refractivity contribution in [1.82, 2.24) is 9.55 Å². The third-order valence-corrected chi connectivity index (χ3v) is 4.49. The number of benzene rings is 2. The van der Waals surface area contributed by atoms with Crippen LogP contribution in [0.3, 0.4) is 0 Å². The molecule has 1 N–H and O–H groups in total. The van der Waals surface area contributed by atoms with Crippen LogP contribution in [0.5, 0.6) is 5.75 Å². The molecule has 4 aromatic rings. The number of fused-ring (bicyclic) bond motifs is 1. The Morgan fingerprint density at radius 2 is 2.07 bits per heavy atom. The maximum absolute atomic E-state index is 10.9. The number of carboxylic acid groups (broad SMARTS) is 1. The van der Waals surface area contributed by atoms with Crippen molar-refractivity contribution in [1.29, 1.82) is 0 Å². The molecule has 0 bridgehead atoms. The van der Waals surface area contributed by atoms with Crippen molar-refractivity contribution in [3.63, 3.8) is 0 Å². The number of carboxylic acids is 1. The Balaban J connectivity index is 0.00000256. The van der Waals surface area contributed by atoms with Crippen LogP contribution in [0, 0.1) is 0 Å². The molecule has 0 atom stereocenters. The van der Waals surface area contributed by atoms with E-state index in [1.54, 1.807) is 18.6 Å². The maximum Gasteiger partial charge on any atom is 0.328 e. The summed E-state index contributed by atoms with van der Waals surface area (Å²) >= 11 is 0. The first-order valence-corrected chi connectivity index (χ1v) is 9.27. The minimum Gasteiger partial charge on any atom is -0.492 e. The second-order valence-corrected chi connectivity index (χ2v) is 6.63. The standard InChI is InChI=1S/C23H20N2O4.ClH/c26-23(27)8-7-18-6-5-17(15-25-11-10-24-16-25)13-22(18)28-12-9-20-14-19-3-1-2-4-21(19)29-20;/h1-8,10-11,13-14,16H,9,12,15H2,(H,26,27);1H. The van der Waals surface area contributed by atoms with Crippen molar-refractivity contribution in [2.75, 3.05) is 6.61 Å². The zero-order chi connectivity index (χ0) is 20.1. The van der Waals surface area contributed by atoms with E-state index in [0.29, 0.717) is 30.9 Å². The molecule has 2 aromatic heterocycles. The van der Waals surface area contributed by atoms with Crippen LogP contribution < -0.4 is 4.74 Å². The molecule has 0 unspecified atom stereocenters. The number of hydrogen-bond acceptors (Lipinski definition) is 4. The van der Waals surface area contributed by atoms with E-state index in [1.807, 2.05) is 59.3 Å². The lowest BCUT2D eigenvalue weighted by molar-refractivity contribution is -0.131. The van der Waals surface area contributed by atoms with Crippen LogP contribution in [0.25, 0.3) is 17.0 Å². The number of aromatic nitrogens is 2. The van der Waals surface area contributed by atoms with Crippen LogP contribution >= 0.6 is 12.4 Å². The molecule has 0 saturated carbocycles. The van der Waals surface area contributed by atoms with Crippen LogP contribution in [0.4, 0.5) is 0 Å². The Labute approximate surface area is 179 Å². The van der Waals surface area contributed by atoms with Gasteiger partial charge in [-0.25, -0.2) is 9.78 Å². The van der Waals surface area contributed by atoms with Crippen LogP contribution in [-0.4, -0.2) is 27.2 Å². The van der Waals surface area contributed by atoms with Gasteiger partial charge in [-0.1, -0.05) is 30.3 Å². The smallest absolute Gasteiger partial charge is 0.328 e. The molecule has 0 fully saturated rings. The van der Waals surface area contributed by atoms with Crippen molar-refractivity contribution >= 4 is 35.4 Å². The minimum absolute atomic E-state index is 0. The molecule has 0 aliphatic heterocycles. The highest BCUT2D eigenvalue weighted by Gasteiger charge is 2.07. The molecule has 2 heterocycles. The number of imidazole rings is 1. The molecule has 0 radical (unpaired) electrons. The van der Waals surface area contributed by atoms with Crippen LogP contribution in [0.1, 0.15) is 16.9 Å². The Morgan fingerprint density at radius 3 is 2.83 bits per heavy atom. The fraction of sp³-hybridized carbons (Fsp3) is 0.130. The molecule has 154 valence electrons. The quantitative estimate of drug-likeness (QED) is 0.410. The number of aliphatic carboxylic acids is 1. The Bertz CT molecular complexity index is 1120. The van der Waals surface area contributed by atoms with Gasteiger partial charge in [0.2, 0.25) is 0 Å². The average molecular weight is 425 g/mol. The molecule has 2 aromatic carbocycles. The predicted octanol–water partition coefficient (Wildman–Crippen LogP) is 4.82. The Morgan fingerprint density at radius 1 is 1.20 bits per heavy atom. The van der Waals surface area contributed by atoms with E-state index in [9.17, 15) is 4.79 Å². The summed E-state index contributed by atoms with van der Waals surface area (Å²) in [5, 5.41) is 10.00. The maximum atomic E-state index is 10.9. The number of nitrogens with zero attached hydrogens (tertiary/aromatic N) is 2. The van der Waals surface area contributed by atoms with Gasteiger partial charge in [-0.2, -0.15) is 0 Å². The van der Waals surface area contributed by atoms with Gasteiger partial charge in [-0.15, -0.1) is 12.4 Å². The zero-order valence-electron chi connectivity index (χ0n) is 16.1. The van der Waals surface area contributed by atoms with Crippen LogP contribution in [0.15, 0.2) is 77.7 Å². The number of para-hydroxylation sites is 1. The predicted molar refractivity (Wildman–Crippen MR) is 117 cm³/mol. The number of halogens is 1. The second-order valence-electron chi connectivity index (χ2n) is 6.63. The minimum atomic E-state index is -0.999. The summed E-state index contributed by atoms with van der Waals surface area (Å²) in [5.41, 5.74) is 2.61. The summed E-state index contributed by atoms with van der Waals surface area (Å²) in [6.45, 7) is 1.07. The lowest BCUT2D eigenvalue weighted by atomic mass is 10.1. The van der Waals surface area contributed by atoms with Gasteiger partial charge in [0.25, 0.3) is 0 Å². The summed E-state index contributed by atoms with van der Waals surface area (Å²) in [6, 6.07) is 15.6. The molecule has 0 aliphatic carbocycles. The fourth-order valence-corrected chi connectivity index (χ4v) is 3.11. The average Bonchev–Trinajstić information content (AvgIpc) is 3.36. The van der Waals surface area contributed by atoms with Gasteiger partial charge in [0.1, 0.15) is 17.1 Å². The van der Waals surface area contributed by atoms with Gasteiger partial charge in [-0.3, -0.25) is 0 Å². The number of carbonyl (C=O) groups is 1. The first kappa shape index (κ1) is 21.2. The Hall–Kier alpha value is -3.51. The van der Waals surface area contributed by atoms with E-state index < -0.39 is 5.97 Å². The number of rotatable bonds is 8. The second kappa shape index (κ2) is 9.80. The third-order valence-electron chi connectivity index (χ3n) is 4.49. The van der Waals surface area contributed by atoms with Gasteiger partial charge in [0.15, 0.2) is 0 Å². The summed E-state index contributed by atoms with van der Waals surface area (Å²) < 4.78 is 13.8. The summed E-state index contributed by atoms with van der Waals surface area (Å²) in [6.07, 6.45) is 8.63. The van der Waals surface area contributed by atoms with E-state index in [4.69, 9.17) is 14.3 Å².